The average molecular weight is 160 g/mol. The van der Waals surface area contributed by atoms with Crippen molar-refractivity contribution in [1.82, 2.24) is 4.98 Å². The molecular weight excluding hydrogens is 154 g/mol. The van der Waals surface area contributed by atoms with Crippen LogP contribution in [-0.2, 0) is 0 Å². The van der Waals surface area contributed by atoms with Gasteiger partial charge in [-0.2, -0.15) is 0 Å². The van der Waals surface area contributed by atoms with Gasteiger partial charge in [-0.3, -0.25) is 4.98 Å². The molecule has 1 rings (SSSR count). The zero-order valence-electron chi connectivity index (χ0n) is 5.89. The highest BCUT2D eigenvalue weighted by Gasteiger charge is 2.26. The van der Waals surface area contributed by atoms with E-state index in [1.807, 2.05) is 0 Å². The minimum absolute atomic E-state index is 0.181. The zero-order valence-corrected chi connectivity index (χ0v) is 5.89. The topological polar surface area (TPSA) is 12.9 Å². The first kappa shape index (κ1) is 8.10. The van der Waals surface area contributed by atoms with Crippen molar-refractivity contribution < 1.29 is 12.9 Å². The van der Waals surface area contributed by atoms with Crippen molar-refractivity contribution in [3.8, 4) is 0 Å². The molecule has 60 valence electrons. The van der Waals surface area contributed by atoms with Crippen molar-refractivity contribution in [3.05, 3.63) is 24.0 Å². The number of hydrogen-bond acceptors (Lipinski definition) is 1. The lowest BCUT2D eigenvalue weighted by molar-refractivity contribution is 0.500. The molecule has 0 unspecified atom stereocenters. The normalized spacial score (nSPS) is 11.6. The Morgan fingerprint density at radius 2 is 2.00 bits per heavy atom. The van der Waals surface area contributed by atoms with E-state index in [4.69, 9.17) is 0 Å². The quantitative estimate of drug-likeness (QED) is 0.566. The summed E-state index contributed by atoms with van der Waals surface area (Å²) in [7, 11) is 0. The maximum absolute atomic E-state index is 12.1. The lowest BCUT2D eigenvalue weighted by Gasteiger charge is -2.16. The molecule has 0 saturated heterocycles. The Bertz CT molecular complexity index is 258. The van der Waals surface area contributed by atoms with E-state index in [9.17, 15) is 12.9 Å². The molecule has 0 aliphatic rings. The number of aryl methyl sites for hydroxylation is 1. The van der Waals surface area contributed by atoms with Crippen LogP contribution in [-0.4, -0.2) is 12.0 Å². The maximum Gasteiger partial charge on any atom is 0.509 e. The van der Waals surface area contributed by atoms with Crippen molar-refractivity contribution in [2.75, 3.05) is 0 Å². The molecular formula is C6H6BF3N-. The molecule has 0 bridgehead atoms. The Morgan fingerprint density at radius 1 is 1.36 bits per heavy atom. The van der Waals surface area contributed by atoms with Crippen LogP contribution in [0.2, 0.25) is 0 Å². The highest BCUT2D eigenvalue weighted by molar-refractivity contribution is 6.73. The molecule has 0 saturated carbocycles. The number of pyridine rings is 1. The molecule has 0 atom stereocenters. The molecule has 1 nitrogen and oxygen atoms in total. The zero-order chi connectivity index (χ0) is 8.48. The molecule has 0 aliphatic carbocycles. The van der Waals surface area contributed by atoms with Crippen LogP contribution in [0.3, 0.4) is 0 Å². The van der Waals surface area contributed by atoms with Gasteiger partial charge in [0.15, 0.2) is 0 Å². The second-order valence-electron chi connectivity index (χ2n) is 2.31. The number of rotatable bonds is 1. The molecule has 11 heavy (non-hydrogen) atoms. The van der Waals surface area contributed by atoms with Crippen LogP contribution in [0, 0.1) is 6.92 Å². The van der Waals surface area contributed by atoms with Crippen molar-refractivity contribution in [2.24, 2.45) is 0 Å². The molecule has 0 amide bonds. The first-order chi connectivity index (χ1) is 5.02. The summed E-state index contributed by atoms with van der Waals surface area (Å²) in [6.07, 6.45) is 2.36. The lowest BCUT2D eigenvalue weighted by atomic mass is 9.78. The summed E-state index contributed by atoms with van der Waals surface area (Å²) in [6, 6.07) is 0.995. The van der Waals surface area contributed by atoms with Crippen molar-refractivity contribution in [3.63, 3.8) is 0 Å². The van der Waals surface area contributed by atoms with Crippen LogP contribution >= 0.6 is 0 Å². The average Bonchev–Trinajstić information content (AvgIpc) is 1.86. The number of nitrogens with zero attached hydrogens (tertiary/aromatic N) is 1. The van der Waals surface area contributed by atoms with Gasteiger partial charge in [0.05, 0.1) is 0 Å². The predicted molar refractivity (Wildman–Crippen MR) is 37.7 cm³/mol. The Labute approximate surface area is 62.3 Å². The molecule has 0 fully saturated rings. The van der Waals surface area contributed by atoms with Gasteiger partial charge < -0.3 is 12.9 Å². The third-order valence-corrected chi connectivity index (χ3v) is 1.42. The summed E-state index contributed by atoms with van der Waals surface area (Å²) in [4.78, 5) is 3.57. The maximum atomic E-state index is 12.1. The Balaban J connectivity index is 3.14. The molecule has 1 aromatic rings. The minimum atomic E-state index is -4.87. The van der Waals surface area contributed by atoms with Crippen LogP contribution in [0.4, 0.5) is 12.9 Å². The first-order valence-corrected chi connectivity index (χ1v) is 3.12. The van der Waals surface area contributed by atoms with E-state index in [0.29, 0.717) is 0 Å². The first-order valence-electron chi connectivity index (χ1n) is 3.12. The van der Waals surface area contributed by atoms with E-state index >= 15 is 0 Å². The van der Waals surface area contributed by atoms with E-state index in [-0.39, 0.29) is 5.56 Å². The van der Waals surface area contributed by atoms with E-state index in [1.165, 1.54) is 13.1 Å². The van der Waals surface area contributed by atoms with E-state index in [1.54, 1.807) is 0 Å². The van der Waals surface area contributed by atoms with Gasteiger partial charge >= 0.3 is 6.98 Å². The van der Waals surface area contributed by atoms with Gasteiger partial charge in [-0.05, 0) is 6.92 Å². The summed E-state index contributed by atoms with van der Waals surface area (Å²) in [5.41, 5.74) is -0.375. The largest absolute Gasteiger partial charge is 0.509 e. The van der Waals surface area contributed by atoms with Gasteiger partial charge in [-0.25, -0.2) is 0 Å². The second-order valence-corrected chi connectivity index (χ2v) is 2.31. The van der Waals surface area contributed by atoms with Crippen LogP contribution in [0.15, 0.2) is 18.5 Å². The molecule has 0 spiro atoms. The summed E-state index contributed by atoms with van der Waals surface area (Å²) in [5.74, 6) is 0. The monoisotopic (exact) mass is 160 g/mol. The predicted octanol–water partition coefficient (Wildman–Crippen LogP) is 1.44. The summed E-state index contributed by atoms with van der Waals surface area (Å²) in [6.45, 7) is -3.47. The standard InChI is InChI=1S/C6H6BF3N/c1-5-4-11-3-2-6(5)7(8,9)10/h2-4H,1H3/q-1. The van der Waals surface area contributed by atoms with Crippen LogP contribution in [0.25, 0.3) is 0 Å². The van der Waals surface area contributed by atoms with E-state index in [0.717, 1.165) is 12.3 Å². The third kappa shape index (κ3) is 1.72. The number of aromatic nitrogens is 1. The molecule has 0 aliphatic heterocycles. The van der Waals surface area contributed by atoms with Gasteiger partial charge in [0.2, 0.25) is 0 Å². The minimum Gasteiger partial charge on any atom is -0.445 e. The van der Waals surface area contributed by atoms with E-state index < -0.39 is 12.4 Å². The van der Waals surface area contributed by atoms with Gasteiger partial charge in [0.25, 0.3) is 0 Å². The second kappa shape index (κ2) is 2.56. The van der Waals surface area contributed by atoms with Crippen molar-refractivity contribution in [1.29, 1.82) is 0 Å². The van der Waals surface area contributed by atoms with Gasteiger partial charge in [-0.15, -0.1) is 5.46 Å². The third-order valence-electron chi connectivity index (χ3n) is 1.42. The van der Waals surface area contributed by atoms with Gasteiger partial charge in [0.1, 0.15) is 0 Å². The fourth-order valence-electron chi connectivity index (χ4n) is 0.851. The van der Waals surface area contributed by atoms with Crippen LogP contribution in [0.5, 0.6) is 0 Å². The highest BCUT2D eigenvalue weighted by atomic mass is 19.4. The lowest BCUT2D eigenvalue weighted by Crippen LogP contribution is -2.36. The summed E-state index contributed by atoms with van der Waals surface area (Å²) >= 11 is 0. The van der Waals surface area contributed by atoms with Gasteiger partial charge in [0, 0.05) is 12.4 Å². The molecule has 1 heterocycles. The smallest absolute Gasteiger partial charge is 0.445 e. The number of hydrogen-bond donors (Lipinski definition) is 0. The molecule has 0 aromatic carbocycles. The Kier molecular flexibility index (Phi) is 1.89. The van der Waals surface area contributed by atoms with E-state index in [2.05, 4.69) is 4.98 Å². The SMILES string of the molecule is Cc1cnccc1[B-](F)(F)F. The van der Waals surface area contributed by atoms with Crippen molar-refractivity contribution >= 4 is 12.4 Å². The number of halogens is 3. The molecule has 0 radical (unpaired) electrons. The fraction of sp³-hybridized carbons (Fsp3) is 0.167. The highest BCUT2D eigenvalue weighted by Crippen LogP contribution is 2.09. The Morgan fingerprint density at radius 3 is 2.36 bits per heavy atom. The Hall–Kier alpha value is -0.995. The molecule has 0 N–H and O–H groups in total. The van der Waals surface area contributed by atoms with Crippen molar-refractivity contribution in [2.45, 2.75) is 6.92 Å². The molecule has 5 heteroatoms. The summed E-state index contributed by atoms with van der Waals surface area (Å²) < 4.78 is 36.3. The summed E-state index contributed by atoms with van der Waals surface area (Å²) in [5, 5.41) is 0. The molecule has 1 aromatic heterocycles. The van der Waals surface area contributed by atoms with Crippen LogP contribution < -0.4 is 5.46 Å². The fourth-order valence-corrected chi connectivity index (χ4v) is 0.851. The van der Waals surface area contributed by atoms with Crippen LogP contribution in [0.1, 0.15) is 5.56 Å². The van der Waals surface area contributed by atoms with Gasteiger partial charge in [-0.1, -0.05) is 11.6 Å².